The maximum absolute atomic E-state index is 13.8. The highest BCUT2D eigenvalue weighted by Crippen LogP contribution is 2.46. The van der Waals surface area contributed by atoms with Crippen molar-refractivity contribution < 1.29 is 41.9 Å². The monoisotopic (exact) mass is 653 g/mol. The van der Waals surface area contributed by atoms with Gasteiger partial charge in [0.15, 0.2) is 0 Å². The van der Waals surface area contributed by atoms with Crippen LogP contribution in [0.5, 0.6) is 0 Å². The van der Waals surface area contributed by atoms with Crippen LogP contribution < -0.4 is 15.4 Å². The van der Waals surface area contributed by atoms with E-state index in [2.05, 4.69) is 15.4 Å². The number of nitrogens with zero attached hydrogens (tertiary/aromatic N) is 2. The zero-order valence-corrected chi connectivity index (χ0v) is 27.4. The Morgan fingerprint density at radius 2 is 1.73 bits per heavy atom. The number of carbonyl (C=O) groups excluding carboxylic acids is 5. The van der Waals surface area contributed by atoms with E-state index in [0.717, 1.165) is 17.1 Å². The first kappa shape index (κ1) is 34.7. The van der Waals surface area contributed by atoms with Crippen molar-refractivity contribution in [2.24, 2.45) is 5.92 Å². The Balaban J connectivity index is 1.55. The highest BCUT2D eigenvalue weighted by atomic mass is 32.2. The van der Waals surface area contributed by atoms with E-state index in [0.29, 0.717) is 51.5 Å². The van der Waals surface area contributed by atoms with Crippen LogP contribution in [0.3, 0.4) is 0 Å². The Kier molecular flexibility index (Phi) is 10.8. The summed E-state index contributed by atoms with van der Waals surface area (Å²) < 4.78 is 40.1. The third kappa shape index (κ3) is 8.34. The average Bonchev–Trinajstić information content (AvgIpc) is 3.43. The third-order valence-corrected chi connectivity index (χ3v) is 10.3. The predicted octanol–water partition coefficient (Wildman–Crippen LogP) is 1.65. The number of ether oxygens (including phenoxy) is 2. The minimum absolute atomic E-state index is 0.0444. The lowest BCUT2D eigenvalue weighted by molar-refractivity contribution is -0.146. The topological polar surface area (TPSA) is 181 Å². The minimum Gasteiger partial charge on any atom is -0.468 e. The molecule has 0 bridgehead atoms. The molecule has 2 unspecified atom stereocenters. The molecule has 3 aliphatic heterocycles. The van der Waals surface area contributed by atoms with Crippen LogP contribution in [0.4, 0.5) is 4.79 Å². The molecule has 0 aromatic carbocycles. The SMILES string of the molecule is COC(=O)C1CCCCN1S(=O)(=O)NC(=O)[C@@]12C[C@H]1/C=C\CCCCCC(NC(=O)OC(C)(C)C)C(=O)N1CCC[C@H]1C(=O)N2. The summed E-state index contributed by atoms with van der Waals surface area (Å²) in [6.07, 6.45) is 8.84. The molecule has 0 aromatic heterocycles. The molecule has 45 heavy (non-hydrogen) atoms. The molecule has 252 valence electrons. The molecule has 3 N–H and O–H groups in total. The van der Waals surface area contributed by atoms with Crippen LogP contribution in [0.1, 0.15) is 91.4 Å². The van der Waals surface area contributed by atoms with Crippen molar-refractivity contribution in [1.29, 1.82) is 0 Å². The molecule has 3 fully saturated rings. The first-order valence-electron chi connectivity index (χ1n) is 15.9. The molecule has 4 rings (SSSR count). The van der Waals surface area contributed by atoms with Crippen molar-refractivity contribution in [2.75, 3.05) is 20.2 Å². The highest BCUT2D eigenvalue weighted by molar-refractivity contribution is 7.87. The second-order valence-electron chi connectivity index (χ2n) is 13.3. The van der Waals surface area contributed by atoms with Crippen molar-refractivity contribution in [3.63, 3.8) is 0 Å². The molecular weight excluding hydrogens is 606 g/mol. The van der Waals surface area contributed by atoms with Gasteiger partial charge in [-0.15, -0.1) is 0 Å². The van der Waals surface area contributed by atoms with Gasteiger partial charge in [-0.1, -0.05) is 25.0 Å². The van der Waals surface area contributed by atoms with Gasteiger partial charge in [0.1, 0.15) is 29.3 Å². The van der Waals surface area contributed by atoms with Gasteiger partial charge in [0.05, 0.1) is 7.11 Å². The zero-order valence-electron chi connectivity index (χ0n) is 26.6. The van der Waals surface area contributed by atoms with Crippen molar-refractivity contribution >= 4 is 40.0 Å². The van der Waals surface area contributed by atoms with Gasteiger partial charge in [-0.25, -0.2) is 9.52 Å². The summed E-state index contributed by atoms with van der Waals surface area (Å²) >= 11 is 0. The van der Waals surface area contributed by atoms with Crippen LogP contribution in [-0.2, 0) is 38.9 Å². The number of nitrogens with one attached hydrogen (secondary N) is 3. The Morgan fingerprint density at radius 3 is 2.44 bits per heavy atom. The lowest BCUT2D eigenvalue weighted by atomic mass is 10.0. The smallest absolute Gasteiger partial charge is 0.408 e. The fourth-order valence-electron chi connectivity index (χ4n) is 6.37. The standard InChI is InChI=1S/C30H47N5O9S/c1-29(2,3)44-28(40)31-21-14-9-7-5-6-8-13-20-19-30(20,32-24(36)22-16-12-17-34(22)25(21)37)27(39)33-45(41,42)35-18-11-10-15-23(35)26(38)43-4/h8,13,20-23H,5-7,9-12,14-19H2,1-4H3,(H,31,40)(H,32,36)(H,33,39)/b13-8-/t20-,21?,22+,23?,30-/m1/s1. The summed E-state index contributed by atoms with van der Waals surface area (Å²) in [6, 6.07) is -2.84. The Morgan fingerprint density at radius 1 is 1.00 bits per heavy atom. The van der Waals surface area contributed by atoms with Crippen LogP contribution in [0, 0.1) is 5.92 Å². The highest BCUT2D eigenvalue weighted by Gasteiger charge is 2.61. The van der Waals surface area contributed by atoms with Crippen LogP contribution >= 0.6 is 0 Å². The number of hydrogen-bond acceptors (Lipinski definition) is 9. The lowest BCUT2D eigenvalue weighted by Crippen LogP contribution is -2.60. The van der Waals surface area contributed by atoms with Crippen LogP contribution in [0.25, 0.3) is 0 Å². The van der Waals surface area contributed by atoms with Gasteiger partial charge in [0.2, 0.25) is 11.8 Å². The molecule has 14 nitrogen and oxygen atoms in total. The maximum Gasteiger partial charge on any atom is 0.408 e. The second-order valence-corrected chi connectivity index (χ2v) is 14.9. The zero-order chi connectivity index (χ0) is 33.0. The van der Waals surface area contributed by atoms with E-state index in [9.17, 15) is 32.4 Å². The maximum atomic E-state index is 13.8. The second kappa shape index (κ2) is 14.1. The number of piperidine rings is 1. The minimum atomic E-state index is -4.45. The molecule has 0 aromatic rings. The molecule has 1 aliphatic carbocycles. The largest absolute Gasteiger partial charge is 0.468 e. The Bertz CT molecular complexity index is 1300. The number of fused-ring (bicyclic) bond motifs is 2. The van der Waals surface area contributed by atoms with Gasteiger partial charge in [0, 0.05) is 19.0 Å². The number of methoxy groups -OCH3 is 1. The number of rotatable bonds is 5. The van der Waals surface area contributed by atoms with E-state index < -0.39 is 75.2 Å². The van der Waals surface area contributed by atoms with Crippen LogP contribution in [0.2, 0.25) is 0 Å². The summed E-state index contributed by atoms with van der Waals surface area (Å²) in [5.41, 5.74) is -2.30. The van der Waals surface area contributed by atoms with Gasteiger partial charge in [-0.3, -0.25) is 19.2 Å². The average molecular weight is 654 g/mol. The van der Waals surface area contributed by atoms with Crippen molar-refractivity contribution in [2.45, 2.75) is 121 Å². The Hall–Kier alpha value is -3.20. The predicted molar refractivity (Wildman–Crippen MR) is 163 cm³/mol. The normalized spacial score (nSPS) is 30.8. The van der Waals surface area contributed by atoms with Crippen molar-refractivity contribution in [3.8, 4) is 0 Å². The first-order valence-corrected chi connectivity index (χ1v) is 17.3. The number of allylic oxidation sites excluding steroid dienone is 1. The first-order chi connectivity index (χ1) is 21.2. The number of amides is 4. The van der Waals surface area contributed by atoms with Crippen molar-refractivity contribution in [1.82, 2.24) is 24.6 Å². The number of alkyl carbamates (subject to hydrolysis) is 1. The Labute approximate surface area is 265 Å². The third-order valence-electron chi connectivity index (χ3n) is 8.78. The van der Waals surface area contributed by atoms with Crippen LogP contribution in [0.15, 0.2) is 12.2 Å². The van der Waals surface area contributed by atoms with Crippen molar-refractivity contribution in [3.05, 3.63) is 12.2 Å². The van der Waals surface area contributed by atoms with Gasteiger partial charge in [0.25, 0.3) is 5.91 Å². The molecule has 1 saturated carbocycles. The van der Waals surface area contributed by atoms with E-state index in [1.54, 1.807) is 20.8 Å². The van der Waals surface area contributed by atoms with E-state index in [-0.39, 0.29) is 19.4 Å². The summed E-state index contributed by atoms with van der Waals surface area (Å²) in [5, 5.41) is 5.50. The molecule has 0 radical (unpaired) electrons. The van der Waals surface area contributed by atoms with E-state index in [1.165, 1.54) is 12.0 Å². The molecule has 5 atom stereocenters. The fraction of sp³-hybridized carbons (Fsp3) is 0.767. The van der Waals surface area contributed by atoms with Gasteiger partial charge >= 0.3 is 22.3 Å². The number of esters is 1. The molecule has 0 spiro atoms. The molecule has 3 heterocycles. The molecule has 4 aliphatic rings. The molecule has 4 amide bonds. The lowest BCUT2D eigenvalue weighted by Gasteiger charge is -2.33. The van der Waals surface area contributed by atoms with E-state index in [4.69, 9.17) is 9.47 Å². The van der Waals surface area contributed by atoms with Crippen LogP contribution in [-0.4, -0.2) is 96.9 Å². The van der Waals surface area contributed by atoms with E-state index >= 15 is 0 Å². The quantitative estimate of drug-likeness (QED) is 0.294. The summed E-state index contributed by atoms with van der Waals surface area (Å²) in [6.45, 7) is 5.52. The molecule has 15 heteroatoms. The summed E-state index contributed by atoms with van der Waals surface area (Å²) in [7, 11) is -3.27. The molecule has 2 saturated heterocycles. The summed E-state index contributed by atoms with van der Waals surface area (Å²) in [5.74, 6) is -3.03. The van der Waals surface area contributed by atoms with Gasteiger partial charge in [-0.05, 0) is 78.6 Å². The van der Waals surface area contributed by atoms with E-state index in [1.807, 2.05) is 12.2 Å². The summed E-state index contributed by atoms with van der Waals surface area (Å²) in [4.78, 5) is 67.6. The number of carbonyl (C=O) groups is 5. The fourth-order valence-corrected chi connectivity index (χ4v) is 7.80. The molecular formula is C30H47N5O9S. The van der Waals surface area contributed by atoms with Gasteiger partial charge < -0.3 is 25.0 Å². The number of hydrogen-bond donors (Lipinski definition) is 3. The van der Waals surface area contributed by atoms with Gasteiger partial charge in [-0.2, -0.15) is 12.7 Å².